The van der Waals surface area contributed by atoms with Gasteiger partial charge in [0.15, 0.2) is 0 Å². The van der Waals surface area contributed by atoms with E-state index in [2.05, 4.69) is 11.1 Å². The largest absolute Gasteiger partial charge is 0.328 e. The highest BCUT2D eigenvalue weighted by atomic mass is 14.6. The predicted octanol–water partition coefficient (Wildman–Crippen LogP) is 1.36. The molecule has 1 aromatic rings. The summed E-state index contributed by atoms with van der Waals surface area (Å²) in [6, 6.07) is 4.32. The number of rotatable bonds is 3. The lowest BCUT2D eigenvalue weighted by Gasteiger charge is -2.03. The fraction of sp³-hybridized carbons (Fsp3) is 0.444. The maximum absolute atomic E-state index is 5.62. The Morgan fingerprint density at radius 3 is 3.00 bits per heavy atom. The van der Waals surface area contributed by atoms with Gasteiger partial charge in [0.1, 0.15) is 0 Å². The van der Waals surface area contributed by atoms with Crippen LogP contribution in [0.4, 0.5) is 0 Å². The van der Waals surface area contributed by atoms with Crippen LogP contribution in [0.1, 0.15) is 18.9 Å². The lowest BCUT2D eigenvalue weighted by molar-refractivity contribution is 0.665. The first kappa shape index (κ1) is 8.21. The van der Waals surface area contributed by atoms with Gasteiger partial charge in [-0.05, 0) is 31.4 Å². The summed E-state index contributed by atoms with van der Waals surface area (Å²) in [5, 5.41) is 0. The van der Waals surface area contributed by atoms with Crippen LogP contribution in [0.15, 0.2) is 24.5 Å². The van der Waals surface area contributed by atoms with E-state index in [9.17, 15) is 0 Å². The molecule has 0 saturated heterocycles. The first-order valence-corrected chi connectivity index (χ1v) is 3.93. The Hall–Kier alpha value is -0.890. The topological polar surface area (TPSA) is 38.9 Å². The third-order valence-electron chi connectivity index (χ3n) is 1.61. The fourth-order valence-corrected chi connectivity index (χ4v) is 0.940. The van der Waals surface area contributed by atoms with Crippen LogP contribution in [0.3, 0.4) is 0 Å². The van der Waals surface area contributed by atoms with Gasteiger partial charge in [0.2, 0.25) is 0 Å². The second-order valence-electron chi connectivity index (χ2n) is 2.88. The summed E-state index contributed by atoms with van der Waals surface area (Å²) >= 11 is 0. The van der Waals surface area contributed by atoms with Crippen molar-refractivity contribution in [3.63, 3.8) is 0 Å². The highest BCUT2D eigenvalue weighted by molar-refractivity contribution is 5.08. The maximum atomic E-state index is 5.62. The summed E-state index contributed by atoms with van der Waals surface area (Å²) in [6.45, 7) is 2.02. The lowest BCUT2D eigenvalue weighted by Crippen LogP contribution is -2.15. The Bertz CT molecular complexity index is 194. The molecule has 0 aromatic carbocycles. The van der Waals surface area contributed by atoms with Crippen LogP contribution in [0.25, 0.3) is 0 Å². The third-order valence-corrected chi connectivity index (χ3v) is 1.61. The molecule has 1 atom stereocenters. The highest BCUT2D eigenvalue weighted by Crippen LogP contribution is 2.01. The predicted molar refractivity (Wildman–Crippen MR) is 46.2 cm³/mol. The van der Waals surface area contributed by atoms with Crippen LogP contribution in [0, 0.1) is 0 Å². The first-order valence-electron chi connectivity index (χ1n) is 3.93. The monoisotopic (exact) mass is 150 g/mol. The average Bonchev–Trinajstić information content (AvgIpc) is 2.03. The van der Waals surface area contributed by atoms with Crippen LogP contribution < -0.4 is 5.73 Å². The van der Waals surface area contributed by atoms with Gasteiger partial charge in [-0.2, -0.15) is 0 Å². The minimum Gasteiger partial charge on any atom is -0.328 e. The van der Waals surface area contributed by atoms with Crippen LogP contribution in [-0.4, -0.2) is 11.0 Å². The van der Waals surface area contributed by atoms with E-state index >= 15 is 0 Å². The molecule has 2 nitrogen and oxygen atoms in total. The van der Waals surface area contributed by atoms with Crippen molar-refractivity contribution < 1.29 is 0 Å². The molecule has 1 rings (SSSR count). The van der Waals surface area contributed by atoms with E-state index in [0.29, 0.717) is 0 Å². The van der Waals surface area contributed by atoms with E-state index < -0.39 is 0 Å². The van der Waals surface area contributed by atoms with Gasteiger partial charge < -0.3 is 5.73 Å². The molecule has 11 heavy (non-hydrogen) atoms. The van der Waals surface area contributed by atoms with E-state index in [0.717, 1.165) is 12.8 Å². The molecular formula is C9H14N2. The van der Waals surface area contributed by atoms with E-state index in [1.807, 2.05) is 19.2 Å². The quantitative estimate of drug-likeness (QED) is 0.706. The lowest BCUT2D eigenvalue weighted by atomic mass is 10.1. The second kappa shape index (κ2) is 4.09. The number of hydrogen-bond donors (Lipinski definition) is 1. The molecule has 0 radical (unpaired) electrons. The smallest absolute Gasteiger partial charge is 0.0299 e. The van der Waals surface area contributed by atoms with Gasteiger partial charge in [-0.1, -0.05) is 6.07 Å². The fourth-order valence-electron chi connectivity index (χ4n) is 0.940. The van der Waals surface area contributed by atoms with Crippen molar-refractivity contribution in [1.29, 1.82) is 0 Å². The molecule has 0 aliphatic carbocycles. The molecule has 0 amide bonds. The molecule has 0 fully saturated rings. The molecule has 0 aliphatic heterocycles. The summed E-state index contributed by atoms with van der Waals surface area (Å²) < 4.78 is 0. The molecular weight excluding hydrogens is 136 g/mol. The Balaban J connectivity index is 2.39. The van der Waals surface area contributed by atoms with Gasteiger partial charge >= 0.3 is 0 Å². The Labute approximate surface area is 67.5 Å². The second-order valence-corrected chi connectivity index (χ2v) is 2.88. The Morgan fingerprint density at radius 2 is 2.45 bits per heavy atom. The van der Waals surface area contributed by atoms with Gasteiger partial charge in [0, 0.05) is 18.4 Å². The molecule has 0 unspecified atom stereocenters. The van der Waals surface area contributed by atoms with Crippen molar-refractivity contribution in [2.75, 3.05) is 0 Å². The van der Waals surface area contributed by atoms with Crippen molar-refractivity contribution >= 4 is 0 Å². The average molecular weight is 150 g/mol. The van der Waals surface area contributed by atoms with Crippen LogP contribution in [0.5, 0.6) is 0 Å². The molecule has 1 heterocycles. The van der Waals surface area contributed by atoms with Crippen molar-refractivity contribution in [1.82, 2.24) is 4.98 Å². The van der Waals surface area contributed by atoms with Gasteiger partial charge in [0.05, 0.1) is 0 Å². The molecule has 0 bridgehead atoms. The van der Waals surface area contributed by atoms with Gasteiger partial charge in [-0.3, -0.25) is 4.98 Å². The van der Waals surface area contributed by atoms with Crippen LogP contribution >= 0.6 is 0 Å². The molecule has 60 valence electrons. The standard InChI is InChI=1S/C9H14N2/c1-8(10)4-5-9-3-2-6-11-7-9/h2-3,6-8H,4-5,10H2,1H3/t8-/m0/s1. The zero-order valence-corrected chi connectivity index (χ0v) is 6.83. The third kappa shape index (κ3) is 3.14. The molecule has 2 heteroatoms. The summed E-state index contributed by atoms with van der Waals surface area (Å²) in [4.78, 5) is 4.02. The van der Waals surface area contributed by atoms with E-state index in [4.69, 9.17) is 5.73 Å². The van der Waals surface area contributed by atoms with E-state index in [1.165, 1.54) is 5.56 Å². The first-order chi connectivity index (χ1) is 5.29. The maximum Gasteiger partial charge on any atom is 0.0299 e. The zero-order valence-electron chi connectivity index (χ0n) is 6.83. The van der Waals surface area contributed by atoms with E-state index in [1.54, 1.807) is 6.20 Å². The highest BCUT2D eigenvalue weighted by Gasteiger charge is 1.95. The van der Waals surface area contributed by atoms with Crippen molar-refractivity contribution in [2.45, 2.75) is 25.8 Å². The number of nitrogens with two attached hydrogens (primary N) is 1. The van der Waals surface area contributed by atoms with Crippen LogP contribution in [0.2, 0.25) is 0 Å². The zero-order chi connectivity index (χ0) is 8.10. The Kier molecular flexibility index (Phi) is 3.05. The summed E-state index contributed by atoms with van der Waals surface area (Å²) in [6.07, 6.45) is 5.74. The Morgan fingerprint density at radius 1 is 1.64 bits per heavy atom. The number of hydrogen-bond acceptors (Lipinski definition) is 2. The van der Waals surface area contributed by atoms with Gasteiger partial charge in [-0.25, -0.2) is 0 Å². The molecule has 0 spiro atoms. The molecule has 1 aromatic heterocycles. The van der Waals surface area contributed by atoms with Gasteiger partial charge in [-0.15, -0.1) is 0 Å². The minimum atomic E-state index is 0.287. The number of aromatic nitrogens is 1. The normalized spacial score (nSPS) is 12.9. The van der Waals surface area contributed by atoms with E-state index in [-0.39, 0.29) is 6.04 Å². The molecule has 0 aliphatic rings. The summed E-state index contributed by atoms with van der Waals surface area (Å²) in [5.74, 6) is 0. The van der Waals surface area contributed by atoms with Crippen molar-refractivity contribution in [3.8, 4) is 0 Å². The number of pyridine rings is 1. The summed E-state index contributed by atoms with van der Waals surface area (Å²) in [5.41, 5.74) is 6.89. The van der Waals surface area contributed by atoms with Gasteiger partial charge in [0.25, 0.3) is 0 Å². The van der Waals surface area contributed by atoms with Crippen LogP contribution in [-0.2, 0) is 6.42 Å². The minimum absolute atomic E-state index is 0.287. The van der Waals surface area contributed by atoms with Crippen molar-refractivity contribution in [2.24, 2.45) is 5.73 Å². The molecule has 0 saturated carbocycles. The number of nitrogens with zero attached hydrogens (tertiary/aromatic N) is 1. The SMILES string of the molecule is C[C@H](N)CCc1cccnc1. The number of aryl methyl sites for hydroxylation is 1. The molecule has 2 N–H and O–H groups in total. The summed E-state index contributed by atoms with van der Waals surface area (Å²) in [7, 11) is 0. The van der Waals surface area contributed by atoms with Crippen molar-refractivity contribution in [3.05, 3.63) is 30.1 Å².